The fraction of sp³-hybridized carbons (Fsp3) is 0.318. The zero-order valence-corrected chi connectivity index (χ0v) is 17.1. The summed E-state index contributed by atoms with van der Waals surface area (Å²) in [7, 11) is 1.58. The van der Waals surface area contributed by atoms with E-state index in [0.29, 0.717) is 11.4 Å². The van der Waals surface area contributed by atoms with Crippen LogP contribution in [0.1, 0.15) is 32.3 Å². The zero-order valence-electron chi connectivity index (χ0n) is 17.1. The summed E-state index contributed by atoms with van der Waals surface area (Å²) in [6.07, 6.45) is 1.72. The minimum Gasteiger partial charge on any atom is -0.497 e. The molecule has 154 valence electrons. The number of hydrazone groups is 1. The van der Waals surface area contributed by atoms with Gasteiger partial charge in [-0.3, -0.25) is 9.59 Å². The average molecular weight is 396 g/mol. The molecule has 7 heteroatoms. The molecular weight excluding hydrogens is 368 g/mol. The molecule has 29 heavy (non-hydrogen) atoms. The van der Waals surface area contributed by atoms with Crippen molar-refractivity contribution in [2.45, 2.75) is 26.7 Å². The maximum absolute atomic E-state index is 11.9. The van der Waals surface area contributed by atoms with Crippen molar-refractivity contribution >= 4 is 29.4 Å². The highest BCUT2D eigenvalue weighted by atomic mass is 16.5. The fourth-order valence-corrected chi connectivity index (χ4v) is 2.72. The smallest absolute Gasteiger partial charge is 0.240 e. The number of methoxy groups -OCH3 is 1. The first-order valence-corrected chi connectivity index (χ1v) is 9.66. The van der Waals surface area contributed by atoms with Crippen molar-refractivity contribution in [2.24, 2.45) is 5.10 Å². The number of carbonyl (C=O) groups excluding carboxylic acids is 2. The number of hydrogen-bond donors (Lipinski definition) is 2. The Bertz CT molecular complexity index is 813. The van der Waals surface area contributed by atoms with E-state index >= 15 is 0 Å². The third-order valence-electron chi connectivity index (χ3n) is 4.38. The molecule has 0 radical (unpaired) electrons. The monoisotopic (exact) mass is 396 g/mol. The first-order valence-electron chi connectivity index (χ1n) is 9.66. The summed E-state index contributed by atoms with van der Waals surface area (Å²) in [5, 5.41) is 6.69. The Hall–Kier alpha value is -3.35. The third kappa shape index (κ3) is 7.29. The van der Waals surface area contributed by atoms with Gasteiger partial charge in [-0.15, -0.1) is 0 Å². The summed E-state index contributed by atoms with van der Waals surface area (Å²) in [4.78, 5) is 26.1. The Balaban J connectivity index is 1.73. The maximum Gasteiger partial charge on any atom is 0.240 e. The van der Waals surface area contributed by atoms with E-state index in [1.54, 1.807) is 37.6 Å². The van der Waals surface area contributed by atoms with Crippen LogP contribution in [0.5, 0.6) is 5.75 Å². The number of hydrogen-bond acceptors (Lipinski definition) is 5. The molecule has 0 bridgehead atoms. The third-order valence-corrected chi connectivity index (χ3v) is 4.38. The Kier molecular flexibility index (Phi) is 8.69. The molecule has 0 saturated heterocycles. The lowest BCUT2D eigenvalue weighted by Gasteiger charge is -2.20. The molecule has 0 fully saturated rings. The topological polar surface area (TPSA) is 83.0 Å². The van der Waals surface area contributed by atoms with Crippen LogP contribution >= 0.6 is 0 Å². The van der Waals surface area contributed by atoms with Crippen LogP contribution in [0.2, 0.25) is 0 Å². The van der Waals surface area contributed by atoms with E-state index < -0.39 is 0 Å². The summed E-state index contributed by atoms with van der Waals surface area (Å²) in [6, 6.07) is 15.0. The van der Waals surface area contributed by atoms with Crippen LogP contribution in [0.3, 0.4) is 0 Å². The molecule has 0 heterocycles. The van der Waals surface area contributed by atoms with Gasteiger partial charge in [0.25, 0.3) is 0 Å². The Morgan fingerprint density at radius 3 is 2.17 bits per heavy atom. The van der Waals surface area contributed by atoms with Gasteiger partial charge in [0, 0.05) is 37.3 Å². The van der Waals surface area contributed by atoms with Crippen LogP contribution < -0.4 is 20.4 Å². The Morgan fingerprint density at radius 2 is 1.59 bits per heavy atom. The number of amides is 2. The van der Waals surface area contributed by atoms with E-state index in [-0.39, 0.29) is 24.7 Å². The van der Waals surface area contributed by atoms with E-state index in [9.17, 15) is 9.59 Å². The second-order valence-corrected chi connectivity index (χ2v) is 6.33. The van der Waals surface area contributed by atoms with Crippen LogP contribution in [-0.4, -0.2) is 38.2 Å². The lowest BCUT2D eigenvalue weighted by atomic mass is 10.2. The molecular formula is C22H28N4O3. The molecule has 7 nitrogen and oxygen atoms in total. The fourth-order valence-electron chi connectivity index (χ4n) is 2.72. The van der Waals surface area contributed by atoms with Crippen LogP contribution in [0.4, 0.5) is 11.4 Å². The quantitative estimate of drug-likeness (QED) is 0.476. The van der Waals surface area contributed by atoms with Gasteiger partial charge in [-0.05, 0) is 55.8 Å². The summed E-state index contributed by atoms with van der Waals surface area (Å²) in [5.41, 5.74) is 5.14. The summed E-state index contributed by atoms with van der Waals surface area (Å²) < 4.78 is 5.07. The van der Waals surface area contributed by atoms with Gasteiger partial charge in [-0.1, -0.05) is 12.1 Å². The largest absolute Gasteiger partial charge is 0.497 e. The number of benzene rings is 2. The molecule has 0 spiro atoms. The normalized spacial score (nSPS) is 10.6. The molecule has 2 amide bonds. The number of carbonyl (C=O) groups is 2. The highest BCUT2D eigenvalue weighted by molar-refractivity contribution is 5.93. The van der Waals surface area contributed by atoms with Crippen molar-refractivity contribution in [1.29, 1.82) is 0 Å². The molecule has 0 atom stereocenters. The molecule has 0 aliphatic rings. The van der Waals surface area contributed by atoms with E-state index in [0.717, 1.165) is 24.3 Å². The van der Waals surface area contributed by atoms with Crippen LogP contribution in [0.15, 0.2) is 53.6 Å². The zero-order chi connectivity index (χ0) is 21.1. The molecule has 0 aliphatic carbocycles. The number of nitrogens with one attached hydrogen (secondary N) is 2. The molecule has 2 rings (SSSR count). The van der Waals surface area contributed by atoms with Crippen molar-refractivity contribution in [3.8, 4) is 5.75 Å². The Labute approximate surface area is 171 Å². The second-order valence-electron chi connectivity index (χ2n) is 6.33. The van der Waals surface area contributed by atoms with Gasteiger partial charge in [0.05, 0.1) is 13.3 Å². The highest BCUT2D eigenvalue weighted by Crippen LogP contribution is 2.15. The highest BCUT2D eigenvalue weighted by Gasteiger charge is 2.07. The van der Waals surface area contributed by atoms with Gasteiger partial charge in [0.1, 0.15) is 5.75 Å². The van der Waals surface area contributed by atoms with Crippen molar-refractivity contribution in [2.75, 3.05) is 30.4 Å². The molecule has 0 aliphatic heterocycles. The first-order chi connectivity index (χ1) is 14.0. The molecule has 2 aromatic rings. The van der Waals surface area contributed by atoms with Gasteiger partial charge in [0.2, 0.25) is 11.8 Å². The van der Waals surface area contributed by atoms with Crippen molar-refractivity contribution < 1.29 is 14.3 Å². The van der Waals surface area contributed by atoms with Gasteiger partial charge in [-0.2, -0.15) is 5.10 Å². The lowest BCUT2D eigenvalue weighted by molar-refractivity contribution is -0.124. The molecule has 0 saturated carbocycles. The van der Waals surface area contributed by atoms with Crippen molar-refractivity contribution in [3.05, 3.63) is 54.1 Å². The molecule has 0 unspecified atom stereocenters. The number of rotatable bonds is 10. The average Bonchev–Trinajstić information content (AvgIpc) is 2.75. The van der Waals surface area contributed by atoms with Gasteiger partial charge < -0.3 is 15.0 Å². The van der Waals surface area contributed by atoms with E-state index in [1.807, 2.05) is 24.3 Å². The molecule has 2 aromatic carbocycles. The van der Waals surface area contributed by atoms with Gasteiger partial charge >= 0.3 is 0 Å². The van der Waals surface area contributed by atoms with Crippen LogP contribution in [0, 0.1) is 0 Å². The van der Waals surface area contributed by atoms with Crippen molar-refractivity contribution in [3.63, 3.8) is 0 Å². The van der Waals surface area contributed by atoms with Gasteiger partial charge in [0.15, 0.2) is 0 Å². The summed E-state index contributed by atoms with van der Waals surface area (Å²) in [6.45, 7) is 6.13. The van der Waals surface area contributed by atoms with Crippen LogP contribution in [-0.2, 0) is 9.59 Å². The minimum atomic E-state index is -0.314. The predicted octanol–water partition coefficient (Wildman–Crippen LogP) is 3.41. The number of anilines is 2. The minimum absolute atomic E-state index is 0.0558. The van der Waals surface area contributed by atoms with E-state index in [2.05, 4.69) is 34.6 Å². The SMILES string of the molecule is CCN(CC)c1ccc(C=NNC(=O)CCC(=O)Nc2ccc(OC)cc2)cc1. The summed E-state index contributed by atoms with van der Waals surface area (Å²) >= 11 is 0. The number of nitrogens with zero attached hydrogens (tertiary/aromatic N) is 2. The maximum atomic E-state index is 11.9. The number of ether oxygens (including phenoxy) is 1. The standard InChI is InChI=1S/C22H28N4O3/c1-4-26(5-2)19-10-6-17(7-11-19)16-23-25-22(28)15-14-21(27)24-18-8-12-20(29-3)13-9-18/h6-13,16H,4-5,14-15H2,1-3H3,(H,24,27)(H,25,28). The first kappa shape index (κ1) is 21.9. The molecule has 0 aromatic heterocycles. The predicted molar refractivity (Wildman–Crippen MR) is 117 cm³/mol. The van der Waals surface area contributed by atoms with Crippen molar-refractivity contribution in [1.82, 2.24) is 5.43 Å². The lowest BCUT2D eigenvalue weighted by Crippen LogP contribution is -2.21. The molecule has 2 N–H and O–H groups in total. The van der Waals surface area contributed by atoms with E-state index in [4.69, 9.17) is 4.74 Å². The second kappa shape index (κ2) is 11.5. The van der Waals surface area contributed by atoms with E-state index in [1.165, 1.54) is 0 Å². The van der Waals surface area contributed by atoms with Gasteiger partial charge in [-0.25, -0.2) is 5.43 Å². The summed E-state index contributed by atoms with van der Waals surface area (Å²) in [5.74, 6) is 0.162. The van der Waals surface area contributed by atoms with Crippen LogP contribution in [0.25, 0.3) is 0 Å². The Morgan fingerprint density at radius 1 is 0.966 bits per heavy atom.